The molecule has 12 heteroatoms. The summed E-state index contributed by atoms with van der Waals surface area (Å²) in [7, 11) is 0. The predicted octanol–water partition coefficient (Wildman–Crippen LogP) is 4.28. The van der Waals surface area contributed by atoms with Gasteiger partial charge in [0.25, 0.3) is 5.91 Å². The van der Waals surface area contributed by atoms with Crippen molar-refractivity contribution in [2.24, 2.45) is 5.73 Å². The van der Waals surface area contributed by atoms with Crippen molar-refractivity contribution in [3.8, 4) is 11.6 Å². The fourth-order valence-corrected chi connectivity index (χ4v) is 6.17. The van der Waals surface area contributed by atoms with Crippen LogP contribution in [-0.2, 0) is 4.79 Å². The highest BCUT2D eigenvalue weighted by atomic mass is 32.1. The number of aromatic nitrogens is 3. The summed E-state index contributed by atoms with van der Waals surface area (Å²) in [4.78, 5) is 56.1. The Hall–Kier alpha value is -4.84. The standard InChI is InChI=1S/C27H23N7O4S/c1-2-20(35)32-16-6-5-7-17(16)34-23-22-18(11-13-30-26(22)39-24(23)25(28)36)33(27(34)37)19-10-9-15(14-31-19)38-21-8-3-4-12-29-21/h2-4,8-14,16-17H,1,5-7H2,(H2,28,36)(H,32,35)/t16-,17+/m0/s1. The highest BCUT2D eigenvalue weighted by molar-refractivity contribution is 7.21. The third-order valence-electron chi connectivity index (χ3n) is 6.78. The number of carbonyl (C=O) groups excluding carboxylic acids is 3. The number of ether oxygens (including phenoxy) is 1. The second-order valence-corrected chi connectivity index (χ2v) is 10.1. The van der Waals surface area contributed by atoms with Crippen LogP contribution >= 0.6 is 11.3 Å². The third kappa shape index (κ3) is 4.24. The number of amides is 4. The van der Waals surface area contributed by atoms with Crippen molar-refractivity contribution in [3.63, 3.8) is 0 Å². The van der Waals surface area contributed by atoms with Crippen LogP contribution in [0, 0.1) is 0 Å². The molecule has 2 aliphatic rings. The van der Waals surface area contributed by atoms with E-state index in [-0.39, 0.29) is 16.8 Å². The summed E-state index contributed by atoms with van der Waals surface area (Å²) in [6.45, 7) is 3.54. The molecule has 4 amide bonds. The lowest BCUT2D eigenvalue weighted by Gasteiger charge is -2.40. The first-order valence-electron chi connectivity index (χ1n) is 12.3. The molecule has 11 nitrogen and oxygen atoms in total. The molecule has 1 aliphatic heterocycles. The zero-order chi connectivity index (χ0) is 27.1. The molecule has 1 fully saturated rings. The zero-order valence-electron chi connectivity index (χ0n) is 20.6. The lowest BCUT2D eigenvalue weighted by Crippen LogP contribution is -2.55. The molecule has 5 heterocycles. The average molecular weight is 542 g/mol. The largest absolute Gasteiger partial charge is 0.437 e. The van der Waals surface area contributed by atoms with Gasteiger partial charge < -0.3 is 15.8 Å². The van der Waals surface area contributed by atoms with Crippen LogP contribution < -0.4 is 25.6 Å². The van der Waals surface area contributed by atoms with Crippen molar-refractivity contribution >= 4 is 56.6 Å². The van der Waals surface area contributed by atoms with E-state index >= 15 is 0 Å². The van der Waals surface area contributed by atoms with Crippen LogP contribution in [0.15, 0.2) is 67.6 Å². The lowest BCUT2D eigenvalue weighted by atomic mass is 10.0. The first-order valence-corrected chi connectivity index (χ1v) is 13.1. The molecule has 1 aliphatic carbocycles. The topological polar surface area (TPSA) is 144 Å². The van der Waals surface area contributed by atoms with Gasteiger partial charge in [-0.1, -0.05) is 12.6 Å². The third-order valence-corrected chi connectivity index (χ3v) is 7.88. The van der Waals surface area contributed by atoms with Crippen molar-refractivity contribution in [1.29, 1.82) is 0 Å². The van der Waals surface area contributed by atoms with Gasteiger partial charge >= 0.3 is 6.03 Å². The van der Waals surface area contributed by atoms with Crippen molar-refractivity contribution in [2.45, 2.75) is 31.3 Å². The molecule has 4 aromatic rings. The number of hydrogen-bond acceptors (Lipinski definition) is 8. The van der Waals surface area contributed by atoms with Crippen molar-refractivity contribution < 1.29 is 19.1 Å². The van der Waals surface area contributed by atoms with E-state index in [1.54, 1.807) is 47.6 Å². The molecule has 0 aromatic carbocycles. The second kappa shape index (κ2) is 9.80. The molecule has 4 aromatic heterocycles. The molecule has 2 atom stereocenters. The summed E-state index contributed by atoms with van der Waals surface area (Å²) in [5.41, 5.74) is 6.74. The molecule has 0 bridgehead atoms. The fraction of sp³-hybridized carbons (Fsp3) is 0.185. The van der Waals surface area contributed by atoms with E-state index in [1.165, 1.54) is 17.2 Å². The lowest BCUT2D eigenvalue weighted by molar-refractivity contribution is -0.117. The van der Waals surface area contributed by atoms with Crippen LogP contribution in [0.2, 0.25) is 0 Å². The molecule has 1 saturated carbocycles. The molecule has 196 valence electrons. The van der Waals surface area contributed by atoms with Gasteiger partial charge in [-0.05, 0) is 49.6 Å². The Balaban J connectivity index is 1.46. The Bertz CT molecular complexity index is 1610. The maximum atomic E-state index is 14.3. The number of hydrogen-bond donors (Lipinski definition) is 2. The maximum Gasteiger partial charge on any atom is 0.335 e. The van der Waals surface area contributed by atoms with Crippen LogP contribution in [0.3, 0.4) is 0 Å². The molecular weight excluding hydrogens is 518 g/mol. The number of nitrogens with two attached hydrogens (primary N) is 1. The van der Waals surface area contributed by atoms with Crippen molar-refractivity contribution in [1.82, 2.24) is 20.3 Å². The minimum Gasteiger partial charge on any atom is -0.437 e. The molecule has 0 spiro atoms. The number of nitrogens with zero attached hydrogens (tertiary/aromatic N) is 5. The summed E-state index contributed by atoms with van der Waals surface area (Å²) in [5.74, 6) is 0.246. The number of nitrogens with one attached hydrogen (secondary N) is 1. The predicted molar refractivity (Wildman–Crippen MR) is 146 cm³/mol. The first kappa shape index (κ1) is 24.5. The zero-order valence-corrected chi connectivity index (χ0v) is 21.4. The normalized spacial score (nSPS) is 18.3. The average Bonchev–Trinajstić information content (AvgIpc) is 3.56. The van der Waals surface area contributed by atoms with E-state index in [1.807, 2.05) is 6.07 Å². The SMILES string of the molecule is C=CC(=O)N[C@H]1CCC[C@H]1N1C(=O)N(c2ccc(Oc3ccccn3)cn2)c2ccnc3sc(C(N)=O)c1c23. The molecule has 0 unspecified atom stereocenters. The summed E-state index contributed by atoms with van der Waals surface area (Å²) < 4.78 is 5.76. The Morgan fingerprint density at radius 1 is 1.13 bits per heavy atom. The fourth-order valence-electron chi connectivity index (χ4n) is 5.16. The van der Waals surface area contributed by atoms with Gasteiger partial charge in [0.05, 0.1) is 35.0 Å². The van der Waals surface area contributed by atoms with E-state index in [0.29, 0.717) is 51.9 Å². The molecular formula is C27H23N7O4S. The summed E-state index contributed by atoms with van der Waals surface area (Å²) in [6, 6.07) is 9.26. The second-order valence-electron chi connectivity index (χ2n) is 9.08. The summed E-state index contributed by atoms with van der Waals surface area (Å²) >= 11 is 1.14. The highest BCUT2D eigenvalue weighted by Crippen LogP contribution is 2.50. The molecule has 39 heavy (non-hydrogen) atoms. The Kier molecular flexibility index (Phi) is 6.15. The van der Waals surface area contributed by atoms with Crippen LogP contribution in [-0.4, -0.2) is 44.9 Å². The number of anilines is 3. The molecule has 6 rings (SSSR count). The van der Waals surface area contributed by atoms with E-state index in [0.717, 1.165) is 17.8 Å². The molecule has 3 N–H and O–H groups in total. The number of rotatable bonds is 7. The van der Waals surface area contributed by atoms with E-state index < -0.39 is 18.0 Å². The van der Waals surface area contributed by atoms with Gasteiger partial charge in [-0.15, -0.1) is 11.3 Å². The van der Waals surface area contributed by atoms with Gasteiger partial charge in [0.2, 0.25) is 11.8 Å². The maximum absolute atomic E-state index is 14.3. The van der Waals surface area contributed by atoms with Crippen LogP contribution in [0.1, 0.15) is 28.9 Å². The Labute approximate surface area is 226 Å². The summed E-state index contributed by atoms with van der Waals surface area (Å²) in [5, 5.41) is 3.57. The first-order chi connectivity index (χ1) is 19.0. The Morgan fingerprint density at radius 3 is 2.72 bits per heavy atom. The number of pyridine rings is 3. The minimum atomic E-state index is -0.649. The summed E-state index contributed by atoms with van der Waals surface area (Å²) in [6.07, 6.45) is 8.00. The van der Waals surface area contributed by atoms with Crippen LogP contribution in [0.25, 0.3) is 10.2 Å². The number of primary amides is 1. The number of carbonyl (C=O) groups is 3. The van der Waals surface area contributed by atoms with Gasteiger partial charge in [0, 0.05) is 18.5 Å². The monoisotopic (exact) mass is 541 g/mol. The smallest absolute Gasteiger partial charge is 0.335 e. The van der Waals surface area contributed by atoms with E-state index in [4.69, 9.17) is 10.5 Å². The van der Waals surface area contributed by atoms with Crippen LogP contribution in [0.5, 0.6) is 11.6 Å². The van der Waals surface area contributed by atoms with Gasteiger partial charge in [-0.3, -0.25) is 14.5 Å². The van der Waals surface area contributed by atoms with Gasteiger partial charge in [0.1, 0.15) is 21.3 Å². The quantitative estimate of drug-likeness (QED) is 0.332. The minimum absolute atomic E-state index is 0.241. The number of urea groups is 1. The van der Waals surface area contributed by atoms with Crippen molar-refractivity contribution in [2.75, 3.05) is 9.80 Å². The van der Waals surface area contributed by atoms with Crippen LogP contribution in [0.4, 0.5) is 22.0 Å². The van der Waals surface area contributed by atoms with E-state index in [9.17, 15) is 14.4 Å². The van der Waals surface area contributed by atoms with Gasteiger partial charge in [0.15, 0.2) is 0 Å². The van der Waals surface area contributed by atoms with Gasteiger partial charge in [-0.25, -0.2) is 24.6 Å². The molecule has 0 saturated heterocycles. The van der Waals surface area contributed by atoms with E-state index in [2.05, 4.69) is 26.8 Å². The van der Waals surface area contributed by atoms with Crippen molar-refractivity contribution in [3.05, 3.63) is 72.5 Å². The highest BCUT2D eigenvalue weighted by Gasteiger charge is 2.45. The van der Waals surface area contributed by atoms with Gasteiger partial charge in [-0.2, -0.15) is 0 Å². The number of thiophene rings is 1. The molecule has 0 radical (unpaired) electrons. The Morgan fingerprint density at radius 2 is 2.00 bits per heavy atom.